The van der Waals surface area contributed by atoms with Crippen molar-refractivity contribution in [3.05, 3.63) is 74.9 Å². The molecule has 3 aromatic rings. The van der Waals surface area contributed by atoms with Crippen molar-refractivity contribution < 1.29 is 4.92 Å². The van der Waals surface area contributed by atoms with Gasteiger partial charge in [0.25, 0.3) is 5.69 Å². The van der Waals surface area contributed by atoms with Gasteiger partial charge in [0.2, 0.25) is 0 Å². The number of hydrogen-bond acceptors (Lipinski definition) is 6. The summed E-state index contributed by atoms with van der Waals surface area (Å²) in [5.74, 6) is 0. The van der Waals surface area contributed by atoms with Crippen LogP contribution in [0.3, 0.4) is 0 Å². The number of nitrogens with zero attached hydrogens (tertiary/aromatic N) is 3. The molecule has 1 N–H and O–H groups in total. The van der Waals surface area contributed by atoms with Crippen molar-refractivity contribution in [3.63, 3.8) is 0 Å². The molecule has 2 aromatic carbocycles. The first-order valence-corrected chi connectivity index (χ1v) is 8.06. The predicted octanol–water partition coefficient (Wildman–Crippen LogP) is 4.82. The van der Waals surface area contributed by atoms with Gasteiger partial charge < -0.3 is 0 Å². The van der Waals surface area contributed by atoms with E-state index < -0.39 is 4.92 Å². The first-order chi connectivity index (χ1) is 11.6. The van der Waals surface area contributed by atoms with Gasteiger partial charge in [-0.3, -0.25) is 15.5 Å². The minimum atomic E-state index is -0.444. The van der Waals surface area contributed by atoms with Gasteiger partial charge in [-0.05, 0) is 29.8 Å². The van der Waals surface area contributed by atoms with Gasteiger partial charge in [0.15, 0.2) is 0 Å². The van der Waals surface area contributed by atoms with Crippen molar-refractivity contribution in [2.45, 2.75) is 0 Å². The number of benzene rings is 2. The van der Waals surface area contributed by atoms with Crippen molar-refractivity contribution in [2.75, 3.05) is 5.43 Å². The molecule has 0 aliphatic carbocycles. The lowest BCUT2D eigenvalue weighted by Gasteiger charge is -1.98. The summed E-state index contributed by atoms with van der Waals surface area (Å²) in [5, 5.41) is 16.1. The van der Waals surface area contributed by atoms with Crippen LogP contribution < -0.4 is 5.43 Å². The maximum Gasteiger partial charge on any atom is 0.269 e. The van der Waals surface area contributed by atoms with E-state index in [2.05, 4.69) is 15.5 Å². The molecule has 0 saturated carbocycles. The SMILES string of the molecule is O=[N+]([O-])c1ccc(N/N=C/c2ncc(-c3ccc(Cl)cc3)s2)cc1. The summed E-state index contributed by atoms with van der Waals surface area (Å²) < 4.78 is 0. The van der Waals surface area contributed by atoms with Gasteiger partial charge in [-0.25, -0.2) is 4.98 Å². The Hall–Kier alpha value is -2.77. The van der Waals surface area contributed by atoms with Crippen molar-refractivity contribution in [2.24, 2.45) is 5.10 Å². The molecule has 1 aromatic heterocycles. The van der Waals surface area contributed by atoms with Gasteiger partial charge in [-0.1, -0.05) is 23.7 Å². The summed E-state index contributed by atoms with van der Waals surface area (Å²) in [5.41, 5.74) is 4.55. The van der Waals surface area contributed by atoms with Crippen LogP contribution in [0.5, 0.6) is 0 Å². The van der Waals surface area contributed by atoms with Gasteiger partial charge in [0.05, 0.1) is 21.7 Å². The van der Waals surface area contributed by atoms with E-state index in [-0.39, 0.29) is 5.69 Å². The van der Waals surface area contributed by atoms with Crippen LogP contribution in [-0.2, 0) is 0 Å². The molecular formula is C16H11ClN4O2S. The lowest BCUT2D eigenvalue weighted by atomic mass is 10.2. The zero-order chi connectivity index (χ0) is 16.9. The van der Waals surface area contributed by atoms with Gasteiger partial charge in [-0.2, -0.15) is 5.10 Å². The maximum atomic E-state index is 10.6. The normalized spacial score (nSPS) is 10.9. The maximum absolute atomic E-state index is 10.6. The second-order valence-corrected chi connectivity index (χ2v) is 6.24. The number of halogens is 1. The average Bonchev–Trinajstić information content (AvgIpc) is 3.05. The van der Waals surface area contributed by atoms with Crippen LogP contribution in [0.4, 0.5) is 11.4 Å². The highest BCUT2D eigenvalue weighted by molar-refractivity contribution is 7.16. The molecule has 0 amide bonds. The molecule has 0 unspecified atom stereocenters. The number of nitro groups is 1. The number of thiazole rings is 1. The number of nitrogens with one attached hydrogen (secondary N) is 1. The molecule has 120 valence electrons. The molecule has 0 aliphatic heterocycles. The molecule has 0 radical (unpaired) electrons. The third kappa shape index (κ3) is 3.95. The second-order valence-electron chi connectivity index (χ2n) is 4.74. The molecule has 0 aliphatic rings. The molecule has 0 fully saturated rings. The molecule has 8 heteroatoms. The van der Waals surface area contributed by atoms with Crippen molar-refractivity contribution >= 4 is 40.5 Å². The molecular weight excluding hydrogens is 348 g/mol. The predicted molar refractivity (Wildman–Crippen MR) is 96.9 cm³/mol. The van der Waals surface area contributed by atoms with E-state index in [0.717, 1.165) is 15.4 Å². The van der Waals surface area contributed by atoms with Gasteiger partial charge >= 0.3 is 0 Å². The number of hydrogen-bond donors (Lipinski definition) is 1. The van der Waals surface area contributed by atoms with E-state index in [1.54, 1.807) is 24.5 Å². The molecule has 6 nitrogen and oxygen atoms in total. The molecule has 24 heavy (non-hydrogen) atoms. The monoisotopic (exact) mass is 358 g/mol. The standard InChI is InChI=1S/C16H11ClN4O2S/c17-12-3-1-11(2-4-12)15-9-18-16(24-15)10-19-20-13-5-7-14(8-6-13)21(22)23/h1-10,20H/b19-10+. The van der Waals surface area contributed by atoms with Gasteiger partial charge in [0.1, 0.15) is 5.01 Å². The lowest BCUT2D eigenvalue weighted by molar-refractivity contribution is -0.384. The van der Waals surface area contributed by atoms with E-state index in [4.69, 9.17) is 11.6 Å². The Balaban J connectivity index is 1.65. The highest BCUT2D eigenvalue weighted by atomic mass is 35.5. The summed E-state index contributed by atoms with van der Waals surface area (Å²) >= 11 is 7.38. The van der Waals surface area contributed by atoms with E-state index in [1.807, 2.05) is 24.3 Å². The minimum absolute atomic E-state index is 0.0389. The Kier molecular flexibility index (Phi) is 4.83. The van der Waals surface area contributed by atoms with Gasteiger partial charge in [0, 0.05) is 23.4 Å². The Labute approximate surface area is 146 Å². The fraction of sp³-hybridized carbons (Fsp3) is 0. The molecule has 0 spiro atoms. The third-order valence-corrected chi connectivity index (χ3v) is 4.33. The Bertz CT molecular complexity index is 876. The topological polar surface area (TPSA) is 80.4 Å². The summed E-state index contributed by atoms with van der Waals surface area (Å²) in [7, 11) is 0. The van der Waals surface area contributed by atoms with Crippen LogP contribution in [0.1, 0.15) is 5.01 Å². The summed E-state index contributed by atoms with van der Waals surface area (Å²) in [6.07, 6.45) is 3.38. The second kappa shape index (κ2) is 7.20. The smallest absolute Gasteiger partial charge is 0.269 e. The fourth-order valence-corrected chi connectivity index (χ4v) is 2.84. The quantitative estimate of drug-likeness (QED) is 0.403. The number of hydrazone groups is 1. The molecule has 0 atom stereocenters. The van der Waals surface area contributed by atoms with Gasteiger partial charge in [-0.15, -0.1) is 11.3 Å². The number of aromatic nitrogens is 1. The van der Waals surface area contributed by atoms with Crippen LogP contribution >= 0.6 is 22.9 Å². The van der Waals surface area contributed by atoms with E-state index in [9.17, 15) is 10.1 Å². The first-order valence-electron chi connectivity index (χ1n) is 6.87. The van der Waals surface area contributed by atoms with Crippen LogP contribution in [-0.4, -0.2) is 16.1 Å². The lowest BCUT2D eigenvalue weighted by Crippen LogP contribution is -1.91. The largest absolute Gasteiger partial charge is 0.278 e. The average molecular weight is 359 g/mol. The number of rotatable bonds is 5. The number of anilines is 1. The molecule has 0 bridgehead atoms. The Morgan fingerprint density at radius 1 is 1.17 bits per heavy atom. The molecule has 0 saturated heterocycles. The van der Waals surface area contributed by atoms with Crippen molar-refractivity contribution in [1.29, 1.82) is 0 Å². The highest BCUT2D eigenvalue weighted by Gasteiger charge is 2.04. The fourth-order valence-electron chi connectivity index (χ4n) is 1.91. The zero-order valence-electron chi connectivity index (χ0n) is 12.2. The van der Waals surface area contributed by atoms with Crippen LogP contribution in [0.15, 0.2) is 59.8 Å². The number of non-ortho nitro benzene ring substituents is 1. The van der Waals surface area contributed by atoms with E-state index in [1.165, 1.54) is 23.5 Å². The van der Waals surface area contributed by atoms with Crippen LogP contribution in [0, 0.1) is 10.1 Å². The number of nitro benzene ring substituents is 1. The zero-order valence-corrected chi connectivity index (χ0v) is 13.8. The Morgan fingerprint density at radius 2 is 1.88 bits per heavy atom. The van der Waals surface area contributed by atoms with Crippen molar-refractivity contribution in [3.8, 4) is 10.4 Å². The van der Waals surface area contributed by atoms with Crippen molar-refractivity contribution in [1.82, 2.24) is 4.98 Å². The minimum Gasteiger partial charge on any atom is -0.278 e. The first kappa shape index (κ1) is 16.1. The van der Waals surface area contributed by atoms with Crippen LogP contribution in [0.25, 0.3) is 10.4 Å². The summed E-state index contributed by atoms with van der Waals surface area (Å²) in [6, 6.07) is 13.6. The third-order valence-electron chi connectivity index (χ3n) is 3.10. The summed E-state index contributed by atoms with van der Waals surface area (Å²) in [4.78, 5) is 15.5. The molecule has 1 heterocycles. The van der Waals surface area contributed by atoms with E-state index >= 15 is 0 Å². The Morgan fingerprint density at radius 3 is 2.54 bits per heavy atom. The van der Waals surface area contributed by atoms with E-state index in [0.29, 0.717) is 10.7 Å². The highest BCUT2D eigenvalue weighted by Crippen LogP contribution is 2.26. The summed E-state index contributed by atoms with van der Waals surface area (Å²) in [6.45, 7) is 0. The molecule has 3 rings (SSSR count). The van der Waals surface area contributed by atoms with Crippen LogP contribution in [0.2, 0.25) is 5.02 Å².